The zero-order chi connectivity index (χ0) is 22.7. The average Bonchev–Trinajstić information content (AvgIpc) is 3.15. The molecule has 0 radical (unpaired) electrons. The van der Waals surface area contributed by atoms with E-state index in [0.717, 1.165) is 37.8 Å². The molecule has 0 atom stereocenters. The predicted molar refractivity (Wildman–Crippen MR) is 134 cm³/mol. The molecule has 4 heteroatoms. The van der Waals surface area contributed by atoms with Crippen molar-refractivity contribution in [2.75, 3.05) is 7.11 Å². The third kappa shape index (κ3) is 4.61. The number of rotatable bonds is 7. The summed E-state index contributed by atoms with van der Waals surface area (Å²) in [7, 11) is 1.68. The summed E-state index contributed by atoms with van der Waals surface area (Å²) in [5.41, 5.74) is 3.44. The van der Waals surface area contributed by atoms with Crippen LogP contribution >= 0.6 is 11.3 Å². The minimum Gasteiger partial charge on any atom is -0.497 e. The van der Waals surface area contributed by atoms with Gasteiger partial charge >= 0.3 is 0 Å². The number of carbonyl (C=O) groups excluding carboxylic acids is 1. The highest BCUT2D eigenvalue weighted by atomic mass is 32.1. The van der Waals surface area contributed by atoms with Crippen LogP contribution < -0.4 is 9.47 Å². The molecule has 0 unspecified atom stereocenters. The number of methoxy groups -OCH3 is 1. The van der Waals surface area contributed by atoms with E-state index in [9.17, 15) is 4.79 Å². The number of benzene rings is 3. The van der Waals surface area contributed by atoms with Gasteiger partial charge in [-0.2, -0.15) is 0 Å². The lowest BCUT2D eigenvalue weighted by atomic mass is 9.96. The molecule has 0 saturated heterocycles. The van der Waals surface area contributed by atoms with Crippen LogP contribution in [0.15, 0.2) is 72.8 Å². The summed E-state index contributed by atoms with van der Waals surface area (Å²) in [5, 5.41) is 1.06. The molecule has 32 heavy (non-hydrogen) atoms. The van der Waals surface area contributed by atoms with Crippen LogP contribution in [0.5, 0.6) is 17.2 Å². The van der Waals surface area contributed by atoms with E-state index < -0.39 is 0 Å². The van der Waals surface area contributed by atoms with Crippen molar-refractivity contribution in [3.63, 3.8) is 0 Å². The van der Waals surface area contributed by atoms with Crippen LogP contribution in [0.2, 0.25) is 0 Å². The van der Waals surface area contributed by atoms with Gasteiger partial charge in [-0.1, -0.05) is 56.3 Å². The van der Waals surface area contributed by atoms with Gasteiger partial charge in [0.1, 0.15) is 11.5 Å². The Bertz CT molecular complexity index is 1280. The summed E-state index contributed by atoms with van der Waals surface area (Å²) >= 11 is 1.72. The molecule has 3 aromatic carbocycles. The van der Waals surface area contributed by atoms with E-state index in [0.29, 0.717) is 5.92 Å². The van der Waals surface area contributed by atoms with Crippen molar-refractivity contribution >= 4 is 33.3 Å². The van der Waals surface area contributed by atoms with Crippen molar-refractivity contribution in [2.45, 2.75) is 26.7 Å². The third-order valence-electron chi connectivity index (χ3n) is 5.29. The molecule has 162 valence electrons. The fourth-order valence-electron chi connectivity index (χ4n) is 3.64. The average molecular weight is 443 g/mol. The van der Waals surface area contributed by atoms with Crippen LogP contribution in [0.3, 0.4) is 0 Å². The van der Waals surface area contributed by atoms with Crippen LogP contribution in [-0.2, 0) is 4.79 Å². The Morgan fingerprint density at radius 3 is 2.38 bits per heavy atom. The summed E-state index contributed by atoms with van der Waals surface area (Å²) in [6.07, 6.45) is 3.37. The zero-order valence-electron chi connectivity index (χ0n) is 18.7. The first-order valence-electron chi connectivity index (χ1n) is 10.6. The molecule has 0 bridgehead atoms. The summed E-state index contributed by atoms with van der Waals surface area (Å²) in [4.78, 5) is 12.3. The van der Waals surface area contributed by atoms with Gasteiger partial charge < -0.3 is 9.47 Å². The van der Waals surface area contributed by atoms with Crippen LogP contribution in [0.1, 0.15) is 37.8 Å². The van der Waals surface area contributed by atoms with Crippen LogP contribution in [0.4, 0.5) is 0 Å². The molecule has 0 fully saturated rings. The van der Waals surface area contributed by atoms with Crippen molar-refractivity contribution < 1.29 is 14.3 Å². The maximum atomic E-state index is 11.2. The van der Waals surface area contributed by atoms with Gasteiger partial charge in [0.15, 0.2) is 11.5 Å². The Morgan fingerprint density at radius 2 is 1.69 bits per heavy atom. The minimum atomic E-state index is 0.0268. The molecule has 4 aromatic rings. The molecule has 0 saturated carbocycles. The molecular weight excluding hydrogens is 416 g/mol. The highest BCUT2D eigenvalue weighted by molar-refractivity contribution is 7.22. The molecule has 0 aliphatic rings. The Balaban J connectivity index is 1.81. The Morgan fingerprint density at radius 1 is 0.969 bits per heavy atom. The molecule has 0 amide bonds. The van der Waals surface area contributed by atoms with E-state index in [1.54, 1.807) is 31.4 Å². The Labute approximate surface area is 192 Å². The highest BCUT2D eigenvalue weighted by Crippen LogP contribution is 2.48. The van der Waals surface area contributed by atoms with E-state index >= 15 is 0 Å². The minimum absolute atomic E-state index is 0.0268. The molecule has 1 aromatic heterocycles. The molecule has 0 N–H and O–H groups in total. The van der Waals surface area contributed by atoms with Crippen molar-refractivity contribution in [1.82, 2.24) is 0 Å². The van der Waals surface area contributed by atoms with E-state index in [-0.39, 0.29) is 5.78 Å². The largest absolute Gasteiger partial charge is 0.497 e. The quantitative estimate of drug-likeness (QED) is 0.271. The van der Waals surface area contributed by atoms with E-state index in [2.05, 4.69) is 50.2 Å². The van der Waals surface area contributed by atoms with Gasteiger partial charge in [0.25, 0.3) is 0 Å². The van der Waals surface area contributed by atoms with Crippen molar-refractivity contribution in [1.29, 1.82) is 0 Å². The summed E-state index contributed by atoms with van der Waals surface area (Å²) in [5.74, 6) is 2.86. The smallest absolute Gasteiger partial charge is 0.153 e. The molecule has 4 rings (SSSR count). The number of allylic oxidation sites excluding steroid dienone is 1. The lowest BCUT2D eigenvalue weighted by molar-refractivity contribution is -0.112. The predicted octanol–water partition coefficient (Wildman–Crippen LogP) is 8.09. The van der Waals surface area contributed by atoms with Gasteiger partial charge in [0.2, 0.25) is 0 Å². The van der Waals surface area contributed by atoms with Crippen molar-refractivity contribution in [3.05, 3.63) is 83.9 Å². The SMILES string of the molecule is COc1ccc2c(Oc3ccc(C=CC(C)=O)cc3)c(-c3ccccc3C(C)C)sc2c1. The number of carbonyl (C=O) groups is 1. The summed E-state index contributed by atoms with van der Waals surface area (Å²) < 4.78 is 13.0. The second-order valence-corrected chi connectivity index (χ2v) is 9.03. The lowest BCUT2D eigenvalue weighted by Gasteiger charge is -2.14. The van der Waals surface area contributed by atoms with Crippen molar-refractivity contribution in [2.24, 2.45) is 0 Å². The summed E-state index contributed by atoms with van der Waals surface area (Å²) in [6.45, 7) is 5.97. The van der Waals surface area contributed by atoms with E-state index in [4.69, 9.17) is 9.47 Å². The highest BCUT2D eigenvalue weighted by Gasteiger charge is 2.20. The first-order valence-corrected chi connectivity index (χ1v) is 11.4. The van der Waals surface area contributed by atoms with Crippen LogP contribution in [-0.4, -0.2) is 12.9 Å². The second kappa shape index (κ2) is 9.41. The first-order chi connectivity index (χ1) is 15.5. The molecule has 0 aliphatic heterocycles. The maximum Gasteiger partial charge on any atom is 0.153 e. The fourth-order valence-corrected chi connectivity index (χ4v) is 4.85. The number of hydrogen-bond donors (Lipinski definition) is 0. The normalized spacial score (nSPS) is 11.4. The number of thiophene rings is 1. The van der Waals surface area contributed by atoms with Gasteiger partial charge in [-0.05, 0) is 65.9 Å². The zero-order valence-corrected chi connectivity index (χ0v) is 19.5. The van der Waals surface area contributed by atoms with Gasteiger partial charge in [-0.25, -0.2) is 0 Å². The van der Waals surface area contributed by atoms with Crippen LogP contribution in [0.25, 0.3) is 26.6 Å². The van der Waals surface area contributed by atoms with E-state index in [1.165, 1.54) is 11.1 Å². The topological polar surface area (TPSA) is 35.5 Å². The standard InChI is InChI=1S/C28H26O3S/c1-18(2)23-7-5-6-8-24(23)28-27(25-16-15-22(30-4)17-26(25)32-28)31-21-13-11-20(12-14-21)10-9-19(3)29/h5-18H,1-4H3. The molecular formula is C28H26O3S. The Kier molecular flexibility index (Phi) is 6.42. The van der Waals surface area contributed by atoms with Crippen molar-refractivity contribution in [3.8, 4) is 27.7 Å². The fraction of sp³-hybridized carbons (Fsp3) is 0.179. The van der Waals surface area contributed by atoms with Crippen LogP contribution in [0, 0.1) is 0 Å². The van der Waals surface area contributed by atoms with Gasteiger partial charge in [-0.15, -0.1) is 11.3 Å². The molecule has 3 nitrogen and oxygen atoms in total. The van der Waals surface area contributed by atoms with E-state index in [1.807, 2.05) is 36.4 Å². The number of ketones is 1. The monoisotopic (exact) mass is 442 g/mol. The van der Waals surface area contributed by atoms with Gasteiger partial charge in [-0.3, -0.25) is 4.79 Å². The molecule has 0 spiro atoms. The number of hydrogen-bond acceptors (Lipinski definition) is 4. The maximum absolute atomic E-state index is 11.2. The first kappa shape index (κ1) is 21.8. The van der Waals surface area contributed by atoms with Gasteiger partial charge in [0, 0.05) is 10.1 Å². The van der Waals surface area contributed by atoms with Gasteiger partial charge in [0.05, 0.1) is 12.0 Å². The number of fused-ring (bicyclic) bond motifs is 1. The third-order valence-corrected chi connectivity index (χ3v) is 6.46. The number of ether oxygens (including phenoxy) is 2. The molecule has 1 heterocycles. The molecule has 0 aliphatic carbocycles. The summed E-state index contributed by atoms with van der Waals surface area (Å²) in [6, 6.07) is 22.4. The Hall–Kier alpha value is -3.37. The lowest BCUT2D eigenvalue weighted by Crippen LogP contribution is -1.92. The second-order valence-electron chi connectivity index (χ2n) is 7.98.